The molecule has 0 atom stereocenters. The van der Waals surface area contributed by atoms with E-state index < -0.39 is 0 Å². The van der Waals surface area contributed by atoms with Crippen LogP contribution in [0.4, 0.5) is 0 Å². The summed E-state index contributed by atoms with van der Waals surface area (Å²) in [7, 11) is 1.93. The summed E-state index contributed by atoms with van der Waals surface area (Å²) in [5, 5.41) is 11.0. The van der Waals surface area contributed by atoms with Gasteiger partial charge in [0.1, 0.15) is 0 Å². The fourth-order valence-electron chi connectivity index (χ4n) is 2.67. The van der Waals surface area contributed by atoms with Crippen molar-refractivity contribution < 1.29 is 0 Å². The predicted octanol–water partition coefficient (Wildman–Crippen LogP) is 2.06. The first-order chi connectivity index (χ1) is 9.67. The molecule has 5 nitrogen and oxygen atoms in total. The number of aliphatic imine (C=N–C) groups is 1. The highest BCUT2D eigenvalue weighted by Crippen LogP contribution is 2.42. The molecular formula is C15H27N5. The zero-order valence-electron chi connectivity index (χ0n) is 12.9. The number of hydrogen-bond acceptors (Lipinski definition) is 2. The van der Waals surface area contributed by atoms with E-state index in [4.69, 9.17) is 0 Å². The first-order valence-corrected chi connectivity index (χ1v) is 7.67. The summed E-state index contributed by atoms with van der Waals surface area (Å²) in [4.78, 5) is 4.63. The van der Waals surface area contributed by atoms with Crippen LogP contribution in [0, 0.1) is 5.41 Å². The molecule has 20 heavy (non-hydrogen) atoms. The summed E-state index contributed by atoms with van der Waals surface area (Å²) < 4.78 is 1.81. The minimum absolute atomic E-state index is 0.504. The van der Waals surface area contributed by atoms with Crippen molar-refractivity contribution in [2.75, 3.05) is 13.1 Å². The summed E-state index contributed by atoms with van der Waals surface area (Å²) in [6.45, 7) is 6.98. The van der Waals surface area contributed by atoms with Crippen molar-refractivity contribution >= 4 is 5.96 Å². The summed E-state index contributed by atoms with van der Waals surface area (Å²) in [6.07, 6.45) is 9.19. The molecule has 1 saturated carbocycles. The first-order valence-electron chi connectivity index (χ1n) is 7.67. The number of guanidine groups is 1. The molecule has 5 heteroatoms. The Morgan fingerprint density at radius 3 is 2.70 bits per heavy atom. The Bertz CT molecular complexity index is 439. The number of hydrogen-bond donors (Lipinski definition) is 2. The maximum atomic E-state index is 4.63. The molecule has 1 fully saturated rings. The molecule has 1 aromatic heterocycles. The van der Waals surface area contributed by atoms with Gasteiger partial charge in [-0.1, -0.05) is 13.3 Å². The van der Waals surface area contributed by atoms with E-state index >= 15 is 0 Å². The number of nitrogens with one attached hydrogen (secondary N) is 2. The average molecular weight is 277 g/mol. The molecule has 1 heterocycles. The van der Waals surface area contributed by atoms with E-state index in [1.165, 1.54) is 25.7 Å². The van der Waals surface area contributed by atoms with Crippen LogP contribution >= 0.6 is 0 Å². The van der Waals surface area contributed by atoms with Gasteiger partial charge in [-0.3, -0.25) is 4.68 Å². The Hall–Kier alpha value is -1.52. The van der Waals surface area contributed by atoms with Crippen LogP contribution in [0.25, 0.3) is 0 Å². The molecule has 0 amide bonds. The van der Waals surface area contributed by atoms with Crippen LogP contribution in [0.1, 0.15) is 45.1 Å². The van der Waals surface area contributed by atoms with Gasteiger partial charge in [0.05, 0.1) is 12.7 Å². The average Bonchev–Trinajstić information content (AvgIpc) is 2.81. The van der Waals surface area contributed by atoms with E-state index in [0.29, 0.717) is 12.0 Å². The van der Waals surface area contributed by atoms with Crippen LogP contribution < -0.4 is 10.6 Å². The smallest absolute Gasteiger partial charge is 0.191 e. The maximum Gasteiger partial charge on any atom is 0.191 e. The molecular weight excluding hydrogens is 250 g/mol. The van der Waals surface area contributed by atoms with E-state index in [9.17, 15) is 0 Å². The second-order valence-corrected chi connectivity index (χ2v) is 5.78. The molecule has 0 aliphatic heterocycles. The lowest BCUT2D eigenvalue weighted by Crippen LogP contribution is -2.46. The predicted molar refractivity (Wildman–Crippen MR) is 82.6 cm³/mol. The normalized spacial score (nSPS) is 17.6. The quantitative estimate of drug-likeness (QED) is 0.618. The summed E-state index contributed by atoms with van der Waals surface area (Å²) in [6, 6.07) is 0. The first kappa shape index (κ1) is 14.9. The molecule has 1 aliphatic rings. The van der Waals surface area contributed by atoms with Crippen LogP contribution in [0.2, 0.25) is 0 Å². The van der Waals surface area contributed by atoms with Crippen LogP contribution in [-0.2, 0) is 13.6 Å². The molecule has 1 aliphatic carbocycles. The summed E-state index contributed by atoms with van der Waals surface area (Å²) >= 11 is 0. The zero-order valence-corrected chi connectivity index (χ0v) is 12.9. The minimum Gasteiger partial charge on any atom is -0.357 e. The van der Waals surface area contributed by atoms with E-state index in [1.807, 2.05) is 24.1 Å². The Morgan fingerprint density at radius 1 is 1.40 bits per heavy atom. The van der Waals surface area contributed by atoms with Gasteiger partial charge in [-0.25, -0.2) is 4.99 Å². The van der Waals surface area contributed by atoms with Crippen LogP contribution in [0.15, 0.2) is 17.4 Å². The number of rotatable bonds is 6. The van der Waals surface area contributed by atoms with Gasteiger partial charge in [-0.15, -0.1) is 0 Å². The molecule has 0 radical (unpaired) electrons. The molecule has 0 saturated heterocycles. The lowest BCUT2D eigenvalue weighted by molar-refractivity contribution is 0.131. The fourth-order valence-corrected chi connectivity index (χ4v) is 2.67. The van der Waals surface area contributed by atoms with Crippen molar-refractivity contribution in [1.29, 1.82) is 0 Å². The molecule has 2 N–H and O–H groups in total. The van der Waals surface area contributed by atoms with Gasteiger partial charge in [0.15, 0.2) is 5.96 Å². The Labute approximate surface area is 121 Å². The van der Waals surface area contributed by atoms with Gasteiger partial charge in [0, 0.05) is 31.9 Å². The van der Waals surface area contributed by atoms with E-state index in [1.54, 1.807) is 0 Å². The third-order valence-corrected chi connectivity index (χ3v) is 4.32. The molecule has 1 aromatic rings. The zero-order chi connectivity index (χ0) is 14.4. The molecule has 0 aromatic carbocycles. The van der Waals surface area contributed by atoms with Crippen LogP contribution in [-0.4, -0.2) is 28.8 Å². The Morgan fingerprint density at radius 2 is 2.20 bits per heavy atom. The molecule has 0 unspecified atom stereocenters. The molecule has 0 bridgehead atoms. The highest BCUT2D eigenvalue weighted by molar-refractivity contribution is 5.79. The monoisotopic (exact) mass is 277 g/mol. The number of aryl methyl sites for hydroxylation is 1. The SMILES string of the molecule is CCNC(=NCc1cnn(C)c1)NCC1(CC)CCC1. The number of aromatic nitrogens is 2. The third kappa shape index (κ3) is 3.74. The van der Waals surface area contributed by atoms with Crippen molar-refractivity contribution in [2.24, 2.45) is 17.5 Å². The van der Waals surface area contributed by atoms with Gasteiger partial charge >= 0.3 is 0 Å². The van der Waals surface area contributed by atoms with Crippen LogP contribution in [0.5, 0.6) is 0 Å². The van der Waals surface area contributed by atoms with Gasteiger partial charge < -0.3 is 10.6 Å². The van der Waals surface area contributed by atoms with Crippen LogP contribution in [0.3, 0.4) is 0 Å². The Balaban J connectivity index is 1.88. The number of nitrogens with zero attached hydrogens (tertiary/aromatic N) is 3. The van der Waals surface area contributed by atoms with Gasteiger partial charge in [-0.2, -0.15) is 5.10 Å². The Kier molecular flexibility index (Phi) is 5.04. The largest absolute Gasteiger partial charge is 0.357 e. The lowest BCUT2D eigenvalue weighted by Gasteiger charge is -2.41. The highest BCUT2D eigenvalue weighted by Gasteiger charge is 2.34. The third-order valence-electron chi connectivity index (χ3n) is 4.32. The van der Waals surface area contributed by atoms with E-state index in [0.717, 1.165) is 24.6 Å². The molecule has 2 rings (SSSR count). The van der Waals surface area contributed by atoms with Crippen molar-refractivity contribution in [3.63, 3.8) is 0 Å². The van der Waals surface area contributed by atoms with Crippen molar-refractivity contribution in [3.8, 4) is 0 Å². The second kappa shape index (κ2) is 6.77. The highest BCUT2D eigenvalue weighted by atomic mass is 15.2. The van der Waals surface area contributed by atoms with Crippen molar-refractivity contribution in [1.82, 2.24) is 20.4 Å². The van der Waals surface area contributed by atoms with Gasteiger partial charge in [0.2, 0.25) is 0 Å². The summed E-state index contributed by atoms with van der Waals surface area (Å²) in [5.74, 6) is 0.913. The van der Waals surface area contributed by atoms with Gasteiger partial charge in [0.25, 0.3) is 0 Å². The summed E-state index contributed by atoms with van der Waals surface area (Å²) in [5.41, 5.74) is 1.64. The molecule has 0 spiro atoms. The van der Waals surface area contributed by atoms with E-state index in [-0.39, 0.29) is 0 Å². The molecule has 112 valence electrons. The standard InChI is InChI=1S/C15H27N5/c1-4-15(7-6-8-15)12-18-14(16-5-2)17-9-13-10-19-20(3)11-13/h10-11H,4-9,12H2,1-3H3,(H2,16,17,18). The van der Waals surface area contributed by atoms with E-state index in [2.05, 4.69) is 34.6 Å². The fraction of sp³-hybridized carbons (Fsp3) is 0.733. The minimum atomic E-state index is 0.504. The van der Waals surface area contributed by atoms with Crippen molar-refractivity contribution in [3.05, 3.63) is 18.0 Å². The maximum absolute atomic E-state index is 4.63. The topological polar surface area (TPSA) is 54.2 Å². The second-order valence-electron chi connectivity index (χ2n) is 5.78. The van der Waals surface area contributed by atoms with Gasteiger partial charge in [-0.05, 0) is 31.6 Å². The van der Waals surface area contributed by atoms with Crippen molar-refractivity contribution in [2.45, 2.75) is 46.1 Å². The lowest BCUT2D eigenvalue weighted by atomic mass is 9.67.